The molecule has 0 aromatic rings. The van der Waals surface area contributed by atoms with Gasteiger partial charge in [0.05, 0.1) is 5.92 Å². The normalized spacial score (nSPS) is 23.4. The molecule has 0 aliphatic carbocycles. The number of ether oxygens (including phenoxy) is 1. The largest absolute Gasteiger partial charge is 0.481 e. The molecule has 4 heteroatoms. The summed E-state index contributed by atoms with van der Waals surface area (Å²) in [7, 11) is 0. The lowest BCUT2D eigenvalue weighted by Gasteiger charge is -2.16. The van der Waals surface area contributed by atoms with Crippen molar-refractivity contribution < 1.29 is 19.4 Å². The quantitative estimate of drug-likeness (QED) is 0.547. The van der Waals surface area contributed by atoms with Gasteiger partial charge in [-0.15, -0.1) is 0 Å². The zero-order valence-corrected chi connectivity index (χ0v) is 8.16. The predicted molar refractivity (Wildman–Crippen MR) is 49.7 cm³/mol. The molecule has 0 bridgehead atoms. The number of esters is 1. The van der Waals surface area contributed by atoms with E-state index in [1.54, 1.807) is 0 Å². The third-order valence-electron chi connectivity index (χ3n) is 2.36. The van der Waals surface area contributed by atoms with Crippen LogP contribution in [-0.4, -0.2) is 23.1 Å². The van der Waals surface area contributed by atoms with Gasteiger partial charge in [0.15, 0.2) is 0 Å². The van der Waals surface area contributed by atoms with E-state index >= 15 is 0 Å². The molecule has 0 spiro atoms. The summed E-state index contributed by atoms with van der Waals surface area (Å²) >= 11 is 0. The third-order valence-corrected chi connectivity index (χ3v) is 2.36. The van der Waals surface area contributed by atoms with E-state index in [2.05, 4.69) is 6.58 Å². The molecule has 0 radical (unpaired) electrons. The van der Waals surface area contributed by atoms with E-state index in [1.165, 1.54) is 0 Å². The molecule has 78 valence electrons. The highest BCUT2D eigenvalue weighted by Gasteiger charge is 2.37. The highest BCUT2D eigenvalue weighted by atomic mass is 16.6. The van der Waals surface area contributed by atoms with Gasteiger partial charge in [0.1, 0.15) is 6.10 Å². The first kappa shape index (κ1) is 10.8. The van der Waals surface area contributed by atoms with Crippen LogP contribution in [0.25, 0.3) is 0 Å². The number of carboxylic acids is 1. The van der Waals surface area contributed by atoms with Gasteiger partial charge in [0, 0.05) is 12.0 Å². The van der Waals surface area contributed by atoms with Crippen molar-refractivity contribution in [1.82, 2.24) is 0 Å². The molecule has 1 saturated heterocycles. The Morgan fingerprint density at radius 2 is 2.43 bits per heavy atom. The molecular weight excluding hydrogens is 184 g/mol. The Balaban J connectivity index is 2.66. The standard InChI is InChI=1S/C10H14O4/c1-3-4-7(9(11)12)8-5-6(2)10(13)14-8/h7-8H,2-5H2,1H3,(H,11,12). The molecule has 2 atom stereocenters. The molecule has 1 rings (SSSR count). The minimum absolute atomic E-state index is 0.343. The van der Waals surface area contributed by atoms with Gasteiger partial charge in [-0.3, -0.25) is 4.79 Å². The van der Waals surface area contributed by atoms with E-state index < -0.39 is 24.0 Å². The minimum Gasteiger partial charge on any atom is -0.481 e. The van der Waals surface area contributed by atoms with Crippen LogP contribution in [0.5, 0.6) is 0 Å². The Bertz CT molecular complexity index is 253. The fourth-order valence-corrected chi connectivity index (χ4v) is 1.59. The Morgan fingerprint density at radius 3 is 2.79 bits per heavy atom. The van der Waals surface area contributed by atoms with Crippen molar-refractivity contribution in [2.45, 2.75) is 32.3 Å². The number of carbonyl (C=O) groups is 2. The Morgan fingerprint density at radius 1 is 1.79 bits per heavy atom. The minimum atomic E-state index is -0.903. The molecule has 1 heterocycles. The molecule has 0 aromatic heterocycles. The molecule has 2 unspecified atom stereocenters. The molecule has 1 N–H and O–H groups in total. The van der Waals surface area contributed by atoms with Gasteiger partial charge in [-0.05, 0) is 6.42 Å². The first-order chi connectivity index (χ1) is 6.56. The van der Waals surface area contributed by atoms with Crippen molar-refractivity contribution in [3.63, 3.8) is 0 Å². The highest BCUT2D eigenvalue weighted by Crippen LogP contribution is 2.27. The van der Waals surface area contributed by atoms with Crippen LogP contribution in [0, 0.1) is 5.92 Å². The summed E-state index contributed by atoms with van der Waals surface area (Å²) in [5, 5.41) is 8.92. The third kappa shape index (κ3) is 2.13. The molecule has 1 aliphatic heterocycles. The topological polar surface area (TPSA) is 63.6 Å². The van der Waals surface area contributed by atoms with Crippen LogP contribution in [0.1, 0.15) is 26.2 Å². The smallest absolute Gasteiger partial charge is 0.333 e. The van der Waals surface area contributed by atoms with Crippen molar-refractivity contribution in [2.75, 3.05) is 0 Å². The Hall–Kier alpha value is -1.32. The molecular formula is C10H14O4. The number of hydrogen-bond donors (Lipinski definition) is 1. The van der Waals surface area contributed by atoms with Crippen molar-refractivity contribution in [3.8, 4) is 0 Å². The maximum atomic E-state index is 11.0. The average Bonchev–Trinajstić information content (AvgIpc) is 2.42. The fraction of sp³-hybridized carbons (Fsp3) is 0.600. The number of cyclic esters (lactones) is 1. The number of carbonyl (C=O) groups excluding carboxylic acids is 1. The number of carboxylic acid groups (broad SMARTS) is 1. The maximum Gasteiger partial charge on any atom is 0.333 e. The van der Waals surface area contributed by atoms with Crippen LogP contribution < -0.4 is 0 Å². The van der Waals surface area contributed by atoms with E-state index in [0.717, 1.165) is 6.42 Å². The van der Waals surface area contributed by atoms with Crippen LogP contribution in [-0.2, 0) is 14.3 Å². The van der Waals surface area contributed by atoms with Crippen LogP contribution >= 0.6 is 0 Å². The second-order valence-corrected chi connectivity index (χ2v) is 3.48. The molecule has 14 heavy (non-hydrogen) atoms. The lowest BCUT2D eigenvalue weighted by molar-refractivity contribution is -0.151. The molecule has 1 aliphatic rings. The summed E-state index contributed by atoms with van der Waals surface area (Å²) in [5.74, 6) is -1.96. The predicted octanol–water partition coefficient (Wildman–Crippen LogP) is 1.36. The van der Waals surface area contributed by atoms with Crippen LogP contribution in [0.2, 0.25) is 0 Å². The summed E-state index contributed by atoms with van der Waals surface area (Å²) in [4.78, 5) is 21.9. The van der Waals surface area contributed by atoms with E-state index in [0.29, 0.717) is 18.4 Å². The van der Waals surface area contributed by atoms with E-state index in [4.69, 9.17) is 9.84 Å². The summed E-state index contributed by atoms with van der Waals surface area (Å²) in [5.41, 5.74) is 0.373. The number of aliphatic carboxylic acids is 1. The highest BCUT2D eigenvalue weighted by molar-refractivity contribution is 5.90. The van der Waals surface area contributed by atoms with E-state index in [1.807, 2.05) is 6.92 Å². The maximum absolute atomic E-state index is 11.0. The van der Waals surface area contributed by atoms with Crippen LogP contribution in [0.15, 0.2) is 12.2 Å². The van der Waals surface area contributed by atoms with Gasteiger partial charge in [-0.2, -0.15) is 0 Å². The summed E-state index contributed by atoms with van der Waals surface area (Å²) in [6.07, 6.45) is 1.11. The average molecular weight is 198 g/mol. The van der Waals surface area contributed by atoms with Crippen molar-refractivity contribution in [3.05, 3.63) is 12.2 Å². The van der Waals surface area contributed by atoms with Crippen LogP contribution in [0.4, 0.5) is 0 Å². The molecule has 0 saturated carbocycles. The van der Waals surface area contributed by atoms with Gasteiger partial charge in [-0.1, -0.05) is 19.9 Å². The summed E-state index contributed by atoms with van der Waals surface area (Å²) < 4.78 is 4.93. The van der Waals surface area contributed by atoms with Gasteiger partial charge in [0.2, 0.25) is 0 Å². The molecule has 0 aromatic carbocycles. The van der Waals surface area contributed by atoms with E-state index in [-0.39, 0.29) is 0 Å². The summed E-state index contributed by atoms with van der Waals surface area (Å²) in [6, 6.07) is 0. The molecule has 4 nitrogen and oxygen atoms in total. The SMILES string of the molecule is C=C1CC(C(CCC)C(=O)O)OC1=O. The Kier molecular flexibility index (Phi) is 3.28. The molecule has 1 fully saturated rings. The molecule has 0 amide bonds. The number of rotatable bonds is 4. The number of hydrogen-bond acceptors (Lipinski definition) is 3. The van der Waals surface area contributed by atoms with Crippen molar-refractivity contribution in [1.29, 1.82) is 0 Å². The van der Waals surface area contributed by atoms with Crippen LogP contribution in [0.3, 0.4) is 0 Å². The van der Waals surface area contributed by atoms with E-state index in [9.17, 15) is 9.59 Å². The second kappa shape index (κ2) is 4.26. The lowest BCUT2D eigenvalue weighted by Crippen LogP contribution is -2.27. The summed E-state index contributed by atoms with van der Waals surface area (Å²) in [6.45, 7) is 5.42. The van der Waals surface area contributed by atoms with Gasteiger partial charge in [0.25, 0.3) is 0 Å². The van der Waals surface area contributed by atoms with Gasteiger partial charge in [-0.25, -0.2) is 4.79 Å². The van der Waals surface area contributed by atoms with Crippen molar-refractivity contribution in [2.24, 2.45) is 5.92 Å². The first-order valence-corrected chi connectivity index (χ1v) is 4.67. The van der Waals surface area contributed by atoms with Crippen molar-refractivity contribution >= 4 is 11.9 Å². The van der Waals surface area contributed by atoms with Gasteiger partial charge >= 0.3 is 11.9 Å². The van der Waals surface area contributed by atoms with Gasteiger partial charge < -0.3 is 9.84 Å². The lowest BCUT2D eigenvalue weighted by atomic mass is 9.94. The monoisotopic (exact) mass is 198 g/mol. The zero-order chi connectivity index (χ0) is 10.7. The fourth-order valence-electron chi connectivity index (χ4n) is 1.59. The first-order valence-electron chi connectivity index (χ1n) is 4.67. The Labute approximate surface area is 82.6 Å². The zero-order valence-electron chi connectivity index (χ0n) is 8.16. The second-order valence-electron chi connectivity index (χ2n) is 3.48.